The molecule has 2 saturated carbocycles. The highest BCUT2D eigenvalue weighted by Gasteiger charge is 2.33. The van der Waals surface area contributed by atoms with E-state index in [9.17, 15) is 9.90 Å². The molecule has 0 spiro atoms. The Balaban J connectivity index is 1.50. The van der Waals surface area contributed by atoms with Gasteiger partial charge in [-0.2, -0.15) is 0 Å². The Morgan fingerprint density at radius 2 is 2.19 bits per heavy atom. The highest BCUT2D eigenvalue weighted by Crippen LogP contribution is 2.36. The lowest BCUT2D eigenvalue weighted by atomic mass is 10.0. The van der Waals surface area contributed by atoms with E-state index in [0.29, 0.717) is 23.5 Å². The summed E-state index contributed by atoms with van der Waals surface area (Å²) in [5.74, 6) is 0.310. The smallest absolute Gasteiger partial charge is 0.232 e. The van der Waals surface area contributed by atoms with Crippen LogP contribution < -0.4 is 0 Å². The summed E-state index contributed by atoms with van der Waals surface area (Å²) >= 11 is 1.37. The molecule has 2 aliphatic rings. The van der Waals surface area contributed by atoms with Crippen LogP contribution in [0.3, 0.4) is 0 Å². The van der Waals surface area contributed by atoms with Crippen LogP contribution in [0.25, 0.3) is 0 Å². The third-order valence-corrected chi connectivity index (χ3v) is 5.09. The van der Waals surface area contributed by atoms with Crippen molar-refractivity contribution in [3.05, 3.63) is 0 Å². The number of hydrogen-bond donors (Lipinski definition) is 1. The average Bonchev–Trinajstić information content (AvgIpc) is 3.04. The SMILES string of the molecule is CN(CC1(O)CCCC1)C(=O)CSc1nnnn1C1CC1. The fraction of sp³-hybridized carbons (Fsp3) is 0.846. The second-order valence-corrected chi connectivity index (χ2v) is 7.05. The molecule has 1 heterocycles. The summed E-state index contributed by atoms with van der Waals surface area (Å²) in [4.78, 5) is 13.8. The van der Waals surface area contributed by atoms with Gasteiger partial charge >= 0.3 is 0 Å². The predicted octanol–water partition coefficient (Wildman–Crippen LogP) is 0.864. The third kappa shape index (κ3) is 3.55. The molecule has 0 atom stereocenters. The Kier molecular flexibility index (Phi) is 4.17. The van der Waals surface area contributed by atoms with Gasteiger partial charge in [-0.15, -0.1) is 5.10 Å². The van der Waals surface area contributed by atoms with Gasteiger partial charge in [0, 0.05) is 13.6 Å². The van der Waals surface area contributed by atoms with Crippen LogP contribution in [0, 0.1) is 0 Å². The molecule has 2 fully saturated rings. The highest BCUT2D eigenvalue weighted by atomic mass is 32.2. The standard InChI is InChI=1S/C13H21N5O2S/c1-17(9-13(20)6-2-3-7-13)11(19)8-21-12-14-15-16-18(12)10-4-5-10/h10,20H,2-9H2,1H3. The van der Waals surface area contributed by atoms with Gasteiger partial charge in [0.05, 0.1) is 17.4 Å². The number of likely N-dealkylation sites (N-methyl/N-ethyl adjacent to an activating group) is 1. The van der Waals surface area contributed by atoms with Gasteiger partial charge in [0.15, 0.2) is 0 Å². The number of rotatable bonds is 6. The Labute approximate surface area is 128 Å². The maximum absolute atomic E-state index is 12.2. The number of amides is 1. The maximum atomic E-state index is 12.2. The van der Waals surface area contributed by atoms with Gasteiger partial charge in [-0.05, 0) is 36.1 Å². The van der Waals surface area contributed by atoms with E-state index >= 15 is 0 Å². The predicted molar refractivity (Wildman–Crippen MR) is 77.9 cm³/mol. The molecule has 8 heteroatoms. The van der Waals surface area contributed by atoms with Gasteiger partial charge in [0.1, 0.15) is 0 Å². The minimum Gasteiger partial charge on any atom is -0.388 e. The first-order valence-corrected chi connectivity index (χ1v) is 8.43. The number of aromatic nitrogens is 4. The zero-order chi connectivity index (χ0) is 14.9. The Hall–Kier alpha value is -1.15. The monoisotopic (exact) mass is 311 g/mol. The molecule has 1 N–H and O–H groups in total. The minimum absolute atomic E-state index is 0.00525. The molecule has 7 nitrogen and oxygen atoms in total. The van der Waals surface area contributed by atoms with Crippen molar-refractivity contribution in [2.75, 3.05) is 19.3 Å². The first-order chi connectivity index (χ1) is 10.1. The summed E-state index contributed by atoms with van der Waals surface area (Å²) in [6.07, 6.45) is 5.89. The molecule has 0 radical (unpaired) electrons. The van der Waals surface area contributed by atoms with Crippen molar-refractivity contribution in [2.24, 2.45) is 0 Å². The Bertz CT molecular complexity index is 510. The van der Waals surface area contributed by atoms with Crippen molar-refractivity contribution in [3.63, 3.8) is 0 Å². The number of carbonyl (C=O) groups is 1. The van der Waals surface area contributed by atoms with Crippen LogP contribution in [0.15, 0.2) is 5.16 Å². The van der Waals surface area contributed by atoms with Gasteiger partial charge in [0.25, 0.3) is 0 Å². The molecule has 0 aliphatic heterocycles. The van der Waals surface area contributed by atoms with Gasteiger partial charge in [0.2, 0.25) is 11.1 Å². The summed E-state index contributed by atoms with van der Waals surface area (Å²) in [5, 5.41) is 22.7. The topological polar surface area (TPSA) is 84.1 Å². The second kappa shape index (κ2) is 5.92. The summed E-state index contributed by atoms with van der Waals surface area (Å²) in [7, 11) is 1.75. The lowest BCUT2D eigenvalue weighted by molar-refractivity contribution is -0.130. The molecule has 1 aromatic heterocycles. The number of thioether (sulfide) groups is 1. The molecular weight excluding hydrogens is 290 g/mol. The van der Waals surface area contributed by atoms with E-state index in [1.807, 2.05) is 4.68 Å². The molecule has 116 valence electrons. The zero-order valence-electron chi connectivity index (χ0n) is 12.2. The lowest BCUT2D eigenvalue weighted by Crippen LogP contribution is -2.42. The lowest BCUT2D eigenvalue weighted by Gasteiger charge is -2.28. The van der Waals surface area contributed by atoms with E-state index < -0.39 is 5.60 Å². The Morgan fingerprint density at radius 3 is 2.86 bits per heavy atom. The van der Waals surface area contributed by atoms with E-state index in [-0.39, 0.29) is 5.91 Å². The van der Waals surface area contributed by atoms with E-state index in [1.54, 1.807) is 11.9 Å². The van der Waals surface area contributed by atoms with Crippen LogP contribution in [-0.2, 0) is 4.79 Å². The summed E-state index contributed by atoms with van der Waals surface area (Å²) in [6, 6.07) is 0.412. The molecule has 0 saturated heterocycles. The van der Waals surface area contributed by atoms with Crippen molar-refractivity contribution in [1.82, 2.24) is 25.1 Å². The molecule has 0 unspecified atom stereocenters. The van der Waals surface area contributed by atoms with E-state index in [1.165, 1.54) is 11.8 Å². The molecule has 0 bridgehead atoms. The molecular formula is C13H21N5O2S. The summed E-state index contributed by atoms with van der Waals surface area (Å²) in [5.41, 5.74) is -0.690. The van der Waals surface area contributed by atoms with E-state index in [2.05, 4.69) is 15.5 Å². The van der Waals surface area contributed by atoms with Gasteiger partial charge in [-0.3, -0.25) is 4.79 Å². The van der Waals surface area contributed by atoms with Crippen LogP contribution in [0.4, 0.5) is 0 Å². The van der Waals surface area contributed by atoms with E-state index in [0.717, 1.165) is 38.5 Å². The van der Waals surface area contributed by atoms with Crippen molar-refractivity contribution in [3.8, 4) is 0 Å². The van der Waals surface area contributed by atoms with Crippen LogP contribution in [-0.4, -0.2) is 61.1 Å². The zero-order valence-corrected chi connectivity index (χ0v) is 13.1. The van der Waals surface area contributed by atoms with E-state index in [4.69, 9.17) is 0 Å². The second-order valence-electron chi connectivity index (χ2n) is 6.11. The van der Waals surface area contributed by atoms with Crippen LogP contribution in [0.2, 0.25) is 0 Å². The molecule has 1 aromatic rings. The first kappa shape index (κ1) is 14.8. The Morgan fingerprint density at radius 1 is 1.48 bits per heavy atom. The van der Waals surface area contributed by atoms with Crippen molar-refractivity contribution >= 4 is 17.7 Å². The summed E-state index contributed by atoms with van der Waals surface area (Å²) in [6.45, 7) is 0.417. The number of carbonyl (C=O) groups excluding carboxylic acids is 1. The molecule has 1 amide bonds. The molecule has 0 aromatic carbocycles. The van der Waals surface area contributed by atoms with Crippen molar-refractivity contribution in [1.29, 1.82) is 0 Å². The highest BCUT2D eigenvalue weighted by molar-refractivity contribution is 7.99. The summed E-state index contributed by atoms with van der Waals surface area (Å²) < 4.78 is 1.81. The van der Waals surface area contributed by atoms with Gasteiger partial charge < -0.3 is 10.0 Å². The first-order valence-electron chi connectivity index (χ1n) is 7.44. The maximum Gasteiger partial charge on any atom is 0.232 e. The van der Waals surface area contributed by atoms with Gasteiger partial charge in [-0.1, -0.05) is 24.6 Å². The number of hydrogen-bond acceptors (Lipinski definition) is 6. The largest absolute Gasteiger partial charge is 0.388 e. The third-order valence-electron chi connectivity index (χ3n) is 4.17. The van der Waals surface area contributed by atoms with Crippen LogP contribution >= 0.6 is 11.8 Å². The van der Waals surface area contributed by atoms with Crippen LogP contribution in [0.1, 0.15) is 44.6 Å². The molecule has 2 aliphatic carbocycles. The van der Waals surface area contributed by atoms with Crippen LogP contribution in [0.5, 0.6) is 0 Å². The average molecular weight is 311 g/mol. The quantitative estimate of drug-likeness (QED) is 0.785. The molecule has 21 heavy (non-hydrogen) atoms. The number of nitrogens with zero attached hydrogens (tertiary/aromatic N) is 5. The number of tetrazole rings is 1. The normalized spacial score (nSPS) is 20.7. The fourth-order valence-electron chi connectivity index (χ4n) is 2.79. The van der Waals surface area contributed by atoms with Crippen molar-refractivity contribution < 1.29 is 9.90 Å². The minimum atomic E-state index is -0.690. The molecule has 3 rings (SSSR count). The van der Waals surface area contributed by atoms with Gasteiger partial charge in [-0.25, -0.2) is 4.68 Å². The fourth-order valence-corrected chi connectivity index (χ4v) is 3.67. The number of aliphatic hydroxyl groups is 1. The van der Waals surface area contributed by atoms with Crippen molar-refractivity contribution in [2.45, 2.75) is 55.3 Å².